The Labute approximate surface area is 89.3 Å². The van der Waals surface area contributed by atoms with Crippen molar-refractivity contribution in [3.05, 3.63) is 0 Å². The Bertz CT molecular complexity index is 158. The Morgan fingerprint density at radius 1 is 1.21 bits per heavy atom. The highest BCUT2D eigenvalue weighted by Crippen LogP contribution is 2.21. The van der Waals surface area contributed by atoms with Crippen LogP contribution in [0.25, 0.3) is 0 Å². The highest BCUT2D eigenvalue weighted by Gasteiger charge is 2.31. The van der Waals surface area contributed by atoms with Crippen LogP contribution in [0.2, 0.25) is 0 Å². The van der Waals surface area contributed by atoms with Crippen LogP contribution in [0.15, 0.2) is 0 Å². The minimum Gasteiger partial charge on any atom is -0.287 e. The van der Waals surface area contributed by atoms with E-state index in [1.807, 2.05) is 0 Å². The van der Waals surface area contributed by atoms with Crippen molar-refractivity contribution < 1.29 is 0 Å². The number of rotatable bonds is 5. The first-order valence-corrected chi connectivity index (χ1v) is 6.24. The van der Waals surface area contributed by atoms with Gasteiger partial charge in [-0.25, -0.2) is 0 Å². The van der Waals surface area contributed by atoms with Crippen LogP contribution in [0, 0.1) is 0 Å². The molecule has 0 spiro atoms. The van der Waals surface area contributed by atoms with Crippen LogP contribution in [-0.2, 0) is 0 Å². The fraction of sp³-hybridized carbons (Fsp3) is 1.00. The fourth-order valence-electron chi connectivity index (χ4n) is 2.71. The quantitative estimate of drug-likeness (QED) is 0.670. The molecule has 2 nitrogen and oxygen atoms in total. The van der Waals surface area contributed by atoms with Crippen molar-refractivity contribution in [3.63, 3.8) is 0 Å². The number of hydrogen-bond acceptors (Lipinski definition) is 2. The first-order chi connectivity index (χ1) is 6.74. The van der Waals surface area contributed by atoms with Crippen LogP contribution in [-0.4, -0.2) is 41.6 Å². The Hall–Kier alpha value is -0.0800. The van der Waals surface area contributed by atoms with Crippen LogP contribution in [0.1, 0.15) is 47.0 Å². The molecule has 0 radical (unpaired) electrons. The predicted molar refractivity (Wildman–Crippen MR) is 62.4 cm³/mol. The SMILES string of the molecule is CCC[C@@H](C)N1CCN(CC)C1CC. The molecule has 0 aromatic rings. The van der Waals surface area contributed by atoms with Crippen LogP contribution in [0.5, 0.6) is 0 Å². The zero-order valence-corrected chi connectivity index (χ0v) is 10.3. The molecule has 1 heterocycles. The van der Waals surface area contributed by atoms with Crippen LogP contribution >= 0.6 is 0 Å². The van der Waals surface area contributed by atoms with Crippen LogP contribution in [0.3, 0.4) is 0 Å². The predicted octanol–water partition coefficient (Wildman–Crippen LogP) is 2.55. The summed E-state index contributed by atoms with van der Waals surface area (Å²) in [7, 11) is 0. The van der Waals surface area contributed by atoms with Crippen LogP contribution < -0.4 is 0 Å². The molecule has 0 bridgehead atoms. The lowest BCUT2D eigenvalue weighted by Gasteiger charge is -2.33. The summed E-state index contributed by atoms with van der Waals surface area (Å²) in [6.07, 6.45) is 4.62. The average molecular weight is 198 g/mol. The van der Waals surface area contributed by atoms with Crippen molar-refractivity contribution in [3.8, 4) is 0 Å². The van der Waals surface area contributed by atoms with Gasteiger partial charge in [0.2, 0.25) is 0 Å². The Morgan fingerprint density at radius 3 is 2.43 bits per heavy atom. The lowest BCUT2D eigenvalue weighted by atomic mass is 10.1. The topological polar surface area (TPSA) is 6.48 Å². The van der Waals surface area contributed by atoms with E-state index in [1.165, 1.54) is 38.9 Å². The van der Waals surface area contributed by atoms with Crippen molar-refractivity contribution in [2.45, 2.75) is 59.2 Å². The summed E-state index contributed by atoms with van der Waals surface area (Å²) in [5, 5.41) is 0. The summed E-state index contributed by atoms with van der Waals surface area (Å²) in [5.74, 6) is 0. The molecule has 2 heteroatoms. The maximum absolute atomic E-state index is 2.69. The maximum atomic E-state index is 2.69. The monoisotopic (exact) mass is 198 g/mol. The second kappa shape index (κ2) is 5.72. The molecule has 84 valence electrons. The molecule has 1 rings (SSSR count). The highest BCUT2D eigenvalue weighted by atomic mass is 15.4. The Kier molecular flexibility index (Phi) is 4.90. The summed E-state index contributed by atoms with van der Waals surface area (Å²) in [6, 6.07) is 0.765. The number of hydrogen-bond donors (Lipinski definition) is 0. The second-order valence-corrected chi connectivity index (χ2v) is 4.39. The van der Waals surface area contributed by atoms with E-state index in [4.69, 9.17) is 0 Å². The molecule has 1 aliphatic rings. The molecule has 1 saturated heterocycles. The summed E-state index contributed by atoms with van der Waals surface area (Å²) >= 11 is 0. The maximum Gasteiger partial charge on any atom is 0.0622 e. The van der Waals surface area contributed by atoms with Crippen molar-refractivity contribution >= 4 is 0 Å². The van der Waals surface area contributed by atoms with Crippen molar-refractivity contribution in [2.75, 3.05) is 19.6 Å². The zero-order valence-electron chi connectivity index (χ0n) is 10.3. The Balaban J connectivity index is 2.52. The highest BCUT2D eigenvalue weighted by molar-refractivity contribution is 4.83. The second-order valence-electron chi connectivity index (χ2n) is 4.39. The van der Waals surface area contributed by atoms with Gasteiger partial charge in [-0.1, -0.05) is 27.2 Å². The van der Waals surface area contributed by atoms with E-state index in [-0.39, 0.29) is 0 Å². The van der Waals surface area contributed by atoms with Crippen molar-refractivity contribution in [1.29, 1.82) is 0 Å². The molecular formula is C12H26N2. The van der Waals surface area contributed by atoms with Gasteiger partial charge in [-0.05, 0) is 26.3 Å². The standard InChI is InChI=1S/C12H26N2/c1-5-8-11(4)14-10-9-13(7-3)12(14)6-2/h11-12H,5-10H2,1-4H3/t11-,12?/m1/s1. The van der Waals surface area contributed by atoms with Gasteiger partial charge in [0, 0.05) is 19.1 Å². The van der Waals surface area contributed by atoms with Gasteiger partial charge in [0.05, 0.1) is 6.17 Å². The molecule has 14 heavy (non-hydrogen) atoms. The molecule has 0 aromatic carbocycles. The molecule has 1 unspecified atom stereocenters. The van der Waals surface area contributed by atoms with Gasteiger partial charge in [-0.3, -0.25) is 9.80 Å². The van der Waals surface area contributed by atoms with E-state index < -0.39 is 0 Å². The van der Waals surface area contributed by atoms with E-state index in [9.17, 15) is 0 Å². The van der Waals surface area contributed by atoms with Gasteiger partial charge in [-0.15, -0.1) is 0 Å². The molecule has 1 fully saturated rings. The molecule has 0 aromatic heterocycles. The van der Waals surface area contributed by atoms with E-state index in [0.717, 1.165) is 6.04 Å². The third kappa shape index (κ3) is 2.48. The third-order valence-electron chi connectivity index (χ3n) is 3.49. The van der Waals surface area contributed by atoms with E-state index in [1.54, 1.807) is 0 Å². The summed E-state index contributed by atoms with van der Waals surface area (Å²) in [4.78, 5) is 5.29. The normalized spacial score (nSPS) is 27.0. The van der Waals surface area contributed by atoms with E-state index in [2.05, 4.69) is 37.5 Å². The van der Waals surface area contributed by atoms with Crippen LogP contribution in [0.4, 0.5) is 0 Å². The van der Waals surface area contributed by atoms with E-state index >= 15 is 0 Å². The van der Waals surface area contributed by atoms with Gasteiger partial charge in [0.25, 0.3) is 0 Å². The minimum atomic E-state index is 0.710. The smallest absolute Gasteiger partial charge is 0.0622 e. The van der Waals surface area contributed by atoms with Crippen molar-refractivity contribution in [2.24, 2.45) is 0 Å². The Morgan fingerprint density at radius 2 is 1.93 bits per heavy atom. The molecule has 0 saturated carbocycles. The largest absolute Gasteiger partial charge is 0.287 e. The number of likely N-dealkylation sites (N-methyl/N-ethyl adjacent to an activating group) is 1. The van der Waals surface area contributed by atoms with Gasteiger partial charge in [0.1, 0.15) is 0 Å². The summed E-state index contributed by atoms with van der Waals surface area (Å²) in [5.41, 5.74) is 0. The molecule has 0 aliphatic carbocycles. The number of nitrogens with zero attached hydrogens (tertiary/aromatic N) is 2. The minimum absolute atomic E-state index is 0.710. The average Bonchev–Trinajstić information content (AvgIpc) is 2.60. The lowest BCUT2D eigenvalue weighted by Crippen LogP contribution is -2.42. The molecule has 0 N–H and O–H groups in total. The third-order valence-corrected chi connectivity index (χ3v) is 3.49. The lowest BCUT2D eigenvalue weighted by molar-refractivity contribution is 0.0998. The van der Waals surface area contributed by atoms with Gasteiger partial charge >= 0.3 is 0 Å². The molecule has 2 atom stereocenters. The van der Waals surface area contributed by atoms with Gasteiger partial charge in [0.15, 0.2) is 0 Å². The van der Waals surface area contributed by atoms with Crippen molar-refractivity contribution in [1.82, 2.24) is 9.80 Å². The first kappa shape index (κ1) is 12.0. The summed E-state index contributed by atoms with van der Waals surface area (Å²) < 4.78 is 0. The van der Waals surface area contributed by atoms with E-state index in [0.29, 0.717) is 6.17 Å². The fourth-order valence-corrected chi connectivity index (χ4v) is 2.71. The first-order valence-electron chi connectivity index (χ1n) is 6.24. The van der Waals surface area contributed by atoms with Gasteiger partial charge < -0.3 is 0 Å². The zero-order chi connectivity index (χ0) is 10.6. The molecular weight excluding hydrogens is 172 g/mol. The van der Waals surface area contributed by atoms with Gasteiger partial charge in [-0.2, -0.15) is 0 Å². The summed E-state index contributed by atoms with van der Waals surface area (Å²) in [6.45, 7) is 13.0. The molecule has 1 aliphatic heterocycles. The molecule has 0 amide bonds.